The summed E-state index contributed by atoms with van der Waals surface area (Å²) in [5, 5.41) is 10.9. The third-order valence-electron chi connectivity index (χ3n) is 13.8. The number of rotatable bonds is 2. The molecule has 5 aliphatic carbocycles. The van der Waals surface area contributed by atoms with Gasteiger partial charge in [0.2, 0.25) is 0 Å². The Labute approximate surface area is 197 Å². The molecule has 0 amide bonds. The van der Waals surface area contributed by atoms with E-state index in [9.17, 15) is 9.90 Å². The molecule has 5 rings (SSSR count). The lowest BCUT2D eigenvalue weighted by Crippen LogP contribution is -2.66. The molecule has 0 aromatic heterocycles. The quantitative estimate of drug-likeness (QED) is 0.456. The fourth-order valence-electron chi connectivity index (χ4n) is 11.7. The van der Waals surface area contributed by atoms with Gasteiger partial charge in [-0.3, -0.25) is 0 Å². The van der Waals surface area contributed by atoms with Gasteiger partial charge in [0.05, 0.1) is 6.10 Å². The van der Waals surface area contributed by atoms with Gasteiger partial charge in [0, 0.05) is 5.92 Å². The first-order chi connectivity index (χ1) is 14.8. The van der Waals surface area contributed by atoms with Crippen molar-refractivity contribution in [1.82, 2.24) is 0 Å². The molecule has 1 unspecified atom stereocenters. The van der Waals surface area contributed by atoms with E-state index in [1.165, 1.54) is 64.1 Å². The van der Waals surface area contributed by atoms with Crippen molar-refractivity contribution in [3.8, 4) is 0 Å². The lowest BCUT2D eigenvalue weighted by Gasteiger charge is -2.73. The van der Waals surface area contributed by atoms with Crippen molar-refractivity contribution in [3.63, 3.8) is 0 Å². The molecule has 0 heterocycles. The lowest BCUT2D eigenvalue weighted by molar-refractivity contribution is -0.247. The molecule has 1 N–H and O–H groups in total. The largest absolute Gasteiger partial charge is 0.393 e. The van der Waals surface area contributed by atoms with Gasteiger partial charge in [-0.05, 0) is 121 Å². The standard InChI is InChI=1S/C30H50O2/c1-19(18-31)20-10-13-27(4)16-17-29(6)21(25(20)27)8-9-23-28(5)14-12-24(32)26(2,3)22(28)11-15-30(23,29)7/h18-25,32H,8-17H2,1-7H3/t19?,20-,21+,22-,23+,24-,25+,27+,28-,29+,30+/m0/s1. The predicted octanol–water partition coefficient (Wildman–Crippen LogP) is 7.28. The van der Waals surface area contributed by atoms with E-state index in [2.05, 4.69) is 48.5 Å². The van der Waals surface area contributed by atoms with Crippen LogP contribution in [0.3, 0.4) is 0 Å². The minimum atomic E-state index is -0.142. The van der Waals surface area contributed by atoms with Gasteiger partial charge in [0.1, 0.15) is 6.29 Å². The number of hydrogen-bond acceptors (Lipinski definition) is 2. The Morgan fingerprint density at radius 1 is 0.781 bits per heavy atom. The molecule has 5 aliphatic rings. The Morgan fingerprint density at radius 3 is 2.19 bits per heavy atom. The molecule has 5 saturated carbocycles. The number of hydrogen-bond donors (Lipinski definition) is 1. The molecule has 0 aromatic carbocycles. The maximum absolute atomic E-state index is 11.9. The maximum Gasteiger partial charge on any atom is 0.123 e. The minimum Gasteiger partial charge on any atom is -0.393 e. The van der Waals surface area contributed by atoms with Crippen LogP contribution in [-0.2, 0) is 4.79 Å². The van der Waals surface area contributed by atoms with Gasteiger partial charge in [-0.1, -0.05) is 48.5 Å². The van der Waals surface area contributed by atoms with Crippen LogP contribution in [0.5, 0.6) is 0 Å². The zero-order valence-corrected chi connectivity index (χ0v) is 22.0. The molecule has 2 nitrogen and oxygen atoms in total. The minimum absolute atomic E-state index is 0.0349. The van der Waals surface area contributed by atoms with E-state index in [1.54, 1.807) is 0 Å². The third kappa shape index (κ3) is 2.71. The second-order valence-corrected chi connectivity index (χ2v) is 14.9. The molecule has 32 heavy (non-hydrogen) atoms. The summed E-state index contributed by atoms with van der Waals surface area (Å²) in [5.41, 5.74) is 1.62. The van der Waals surface area contributed by atoms with Gasteiger partial charge < -0.3 is 9.90 Å². The van der Waals surface area contributed by atoms with E-state index >= 15 is 0 Å². The topological polar surface area (TPSA) is 37.3 Å². The van der Waals surface area contributed by atoms with Crippen LogP contribution in [0.4, 0.5) is 0 Å². The number of carbonyl (C=O) groups is 1. The van der Waals surface area contributed by atoms with Crippen LogP contribution in [0.2, 0.25) is 0 Å². The maximum atomic E-state index is 11.9. The Kier molecular flexibility index (Phi) is 5.17. The average Bonchev–Trinajstić information content (AvgIpc) is 3.09. The van der Waals surface area contributed by atoms with Gasteiger partial charge in [-0.25, -0.2) is 0 Å². The number of aliphatic hydroxyl groups excluding tert-OH is 1. The zero-order chi connectivity index (χ0) is 23.3. The molecule has 11 atom stereocenters. The molecule has 0 radical (unpaired) electrons. The normalized spacial score (nSPS) is 57.5. The first kappa shape index (κ1) is 23.4. The summed E-state index contributed by atoms with van der Waals surface area (Å²) >= 11 is 0. The van der Waals surface area contributed by atoms with Gasteiger partial charge in [0.15, 0.2) is 0 Å². The highest BCUT2D eigenvalue weighted by atomic mass is 16.3. The smallest absolute Gasteiger partial charge is 0.123 e. The molecule has 0 bridgehead atoms. The molecular weight excluding hydrogens is 392 g/mol. The number of aliphatic hydroxyl groups is 1. The fourth-order valence-corrected chi connectivity index (χ4v) is 11.7. The molecule has 0 saturated heterocycles. The van der Waals surface area contributed by atoms with Gasteiger partial charge in [-0.15, -0.1) is 0 Å². The van der Waals surface area contributed by atoms with Crippen molar-refractivity contribution in [2.45, 2.75) is 119 Å². The van der Waals surface area contributed by atoms with Crippen molar-refractivity contribution in [3.05, 3.63) is 0 Å². The number of fused-ring (bicyclic) bond motifs is 7. The first-order valence-electron chi connectivity index (χ1n) is 14.0. The number of aldehydes is 1. The molecular formula is C30H50O2. The summed E-state index contributed by atoms with van der Waals surface area (Å²) in [6, 6.07) is 0. The van der Waals surface area contributed by atoms with E-state index in [0.717, 1.165) is 24.2 Å². The highest BCUT2D eigenvalue weighted by Crippen LogP contribution is 2.77. The van der Waals surface area contributed by atoms with Crippen LogP contribution in [0.15, 0.2) is 0 Å². The van der Waals surface area contributed by atoms with Crippen LogP contribution in [0, 0.1) is 62.6 Å². The van der Waals surface area contributed by atoms with E-state index in [-0.39, 0.29) is 17.4 Å². The summed E-state index contributed by atoms with van der Waals surface area (Å²) in [5.74, 6) is 3.73. The van der Waals surface area contributed by atoms with Crippen LogP contribution >= 0.6 is 0 Å². The number of carbonyl (C=O) groups excluding carboxylic acids is 1. The van der Waals surface area contributed by atoms with Crippen molar-refractivity contribution in [2.75, 3.05) is 0 Å². The van der Waals surface area contributed by atoms with E-state index < -0.39 is 0 Å². The highest BCUT2D eigenvalue weighted by Gasteiger charge is 2.70. The lowest BCUT2D eigenvalue weighted by atomic mass is 9.32. The van der Waals surface area contributed by atoms with Gasteiger partial charge in [-0.2, -0.15) is 0 Å². The van der Waals surface area contributed by atoms with Gasteiger partial charge >= 0.3 is 0 Å². The van der Waals surface area contributed by atoms with Gasteiger partial charge in [0.25, 0.3) is 0 Å². The molecule has 0 aliphatic heterocycles. The Bertz CT molecular complexity index is 773. The summed E-state index contributed by atoms with van der Waals surface area (Å²) in [7, 11) is 0. The van der Waals surface area contributed by atoms with Crippen molar-refractivity contribution < 1.29 is 9.90 Å². The van der Waals surface area contributed by atoms with Crippen molar-refractivity contribution in [2.24, 2.45) is 62.6 Å². The predicted molar refractivity (Wildman–Crippen MR) is 131 cm³/mol. The summed E-state index contributed by atoms with van der Waals surface area (Å²) in [6.07, 6.45) is 14.0. The Morgan fingerprint density at radius 2 is 1.50 bits per heavy atom. The van der Waals surface area contributed by atoms with Crippen LogP contribution in [0.1, 0.15) is 113 Å². The van der Waals surface area contributed by atoms with Crippen LogP contribution in [0.25, 0.3) is 0 Å². The average molecular weight is 443 g/mol. The first-order valence-corrected chi connectivity index (χ1v) is 14.0. The SMILES string of the molecule is CC(C=O)[C@@H]1CC[C@]2(C)CC[C@]3(C)[C@H](CC[C@@H]4[C@@]5(C)CC[C@H](O)C(C)(C)[C@@H]5CC[C@]43C)[C@@H]12. The monoisotopic (exact) mass is 442 g/mol. The van der Waals surface area contributed by atoms with E-state index in [1.807, 2.05) is 0 Å². The summed E-state index contributed by atoms with van der Waals surface area (Å²) in [4.78, 5) is 11.9. The van der Waals surface area contributed by atoms with Crippen LogP contribution in [-0.4, -0.2) is 17.5 Å². The van der Waals surface area contributed by atoms with E-state index in [4.69, 9.17) is 0 Å². The fraction of sp³-hybridized carbons (Fsp3) is 0.967. The molecule has 2 heteroatoms. The Hall–Kier alpha value is -0.370. The van der Waals surface area contributed by atoms with Crippen molar-refractivity contribution in [1.29, 1.82) is 0 Å². The van der Waals surface area contributed by atoms with Crippen molar-refractivity contribution >= 4 is 6.29 Å². The third-order valence-corrected chi connectivity index (χ3v) is 13.8. The van der Waals surface area contributed by atoms with Crippen LogP contribution < -0.4 is 0 Å². The summed E-state index contributed by atoms with van der Waals surface area (Å²) in [6.45, 7) is 17.5. The molecule has 5 fully saturated rings. The second kappa shape index (κ2) is 7.08. The summed E-state index contributed by atoms with van der Waals surface area (Å²) < 4.78 is 0. The Balaban J connectivity index is 1.53. The highest BCUT2D eigenvalue weighted by molar-refractivity contribution is 5.53. The molecule has 0 spiro atoms. The van der Waals surface area contributed by atoms with E-state index in [0.29, 0.717) is 33.5 Å². The zero-order valence-electron chi connectivity index (χ0n) is 22.0. The molecule has 182 valence electrons. The second-order valence-electron chi connectivity index (χ2n) is 14.9. The molecule has 0 aromatic rings.